The Hall–Kier alpha value is -2.61. The molecule has 0 aliphatic heterocycles. The summed E-state index contributed by atoms with van der Waals surface area (Å²) in [5, 5.41) is 4.50. The molecule has 1 amide bonds. The number of rotatable bonds is 19. The molecule has 6 N–H and O–H groups in total. The molecule has 0 spiro atoms. The van der Waals surface area contributed by atoms with Gasteiger partial charge in [-0.1, -0.05) is 62.3 Å². The van der Waals surface area contributed by atoms with Crippen LogP contribution in [0.25, 0.3) is 0 Å². The Morgan fingerprint density at radius 2 is 1.52 bits per heavy atom. The predicted octanol–water partition coefficient (Wildman–Crippen LogP) is 3.74. The van der Waals surface area contributed by atoms with E-state index in [1.54, 1.807) is 11.2 Å². The molecule has 0 fully saturated rings. The van der Waals surface area contributed by atoms with E-state index in [4.69, 9.17) is 22.0 Å². The molecular weight excluding hydrogens is 394 g/mol. The number of ether oxygens (including phenoxy) is 1. The summed E-state index contributed by atoms with van der Waals surface area (Å²) in [6, 6.07) is 7.54. The Morgan fingerprint density at radius 3 is 2.10 bits per heavy atom. The minimum absolute atomic E-state index is 0.261. The topological polar surface area (TPSA) is 137 Å². The van der Waals surface area contributed by atoms with E-state index in [1.807, 2.05) is 24.3 Å². The molecule has 0 aromatic heterocycles. The molecule has 8 heteroatoms. The van der Waals surface area contributed by atoms with Gasteiger partial charge in [-0.15, -0.1) is 0 Å². The van der Waals surface area contributed by atoms with E-state index in [9.17, 15) is 9.70 Å². The number of nitroso groups, excluding NO2 is 1. The van der Waals surface area contributed by atoms with Crippen molar-refractivity contribution in [1.29, 1.82) is 0 Å². The minimum Gasteiger partial charge on any atom is -0.487 e. The highest BCUT2D eigenvalue weighted by Crippen LogP contribution is 2.14. The van der Waals surface area contributed by atoms with Crippen LogP contribution in [0.3, 0.4) is 0 Å². The lowest BCUT2D eigenvalue weighted by atomic mass is 10.1. The van der Waals surface area contributed by atoms with Gasteiger partial charge in [0.1, 0.15) is 12.4 Å². The Bertz CT molecular complexity index is 649. The van der Waals surface area contributed by atoms with Crippen molar-refractivity contribution in [3.05, 3.63) is 46.6 Å². The number of aryl methyl sites for hydroxylation is 1. The molecular formula is C23H39N5O3. The van der Waals surface area contributed by atoms with Crippen LogP contribution >= 0.6 is 0 Å². The molecule has 0 unspecified atom stereocenters. The average Bonchev–Trinajstić information content (AvgIpc) is 2.75. The fourth-order valence-electron chi connectivity index (χ4n) is 3.21. The molecule has 0 radical (unpaired) electrons. The quantitative estimate of drug-likeness (QED) is 0.131. The van der Waals surface area contributed by atoms with Gasteiger partial charge in [0.2, 0.25) is 5.91 Å². The number of carbonyl (C=O) groups is 1. The SMILES string of the molecule is NC(=O)CCc1ccc(OC/C(N)=C/N(N)CCCCCCCCCCCN=O)cc1. The Labute approximate surface area is 186 Å². The summed E-state index contributed by atoms with van der Waals surface area (Å²) in [6.45, 7) is 1.47. The molecule has 1 rings (SSSR count). The molecule has 0 heterocycles. The number of hydrogen-bond donors (Lipinski definition) is 3. The second-order valence-corrected chi connectivity index (χ2v) is 7.88. The fraction of sp³-hybridized carbons (Fsp3) is 0.609. The average molecular weight is 434 g/mol. The number of nitrogens with zero attached hydrogens (tertiary/aromatic N) is 2. The maximum atomic E-state index is 10.8. The third-order valence-corrected chi connectivity index (χ3v) is 4.99. The van der Waals surface area contributed by atoms with Gasteiger partial charge in [-0.05, 0) is 37.0 Å². The molecule has 31 heavy (non-hydrogen) atoms. The van der Waals surface area contributed by atoms with Gasteiger partial charge in [0.25, 0.3) is 0 Å². The van der Waals surface area contributed by atoms with E-state index in [0.717, 1.165) is 37.8 Å². The summed E-state index contributed by atoms with van der Waals surface area (Å²) in [5.74, 6) is 6.40. The van der Waals surface area contributed by atoms with Crippen molar-refractivity contribution in [2.45, 2.75) is 70.6 Å². The summed E-state index contributed by atoms with van der Waals surface area (Å²) in [7, 11) is 0. The first-order chi connectivity index (χ1) is 15.0. The number of unbranched alkanes of at least 4 members (excludes halogenated alkanes) is 8. The summed E-state index contributed by atoms with van der Waals surface area (Å²) >= 11 is 0. The van der Waals surface area contributed by atoms with Crippen molar-refractivity contribution >= 4 is 5.91 Å². The van der Waals surface area contributed by atoms with Gasteiger partial charge in [-0.3, -0.25) is 4.79 Å². The Morgan fingerprint density at radius 1 is 0.935 bits per heavy atom. The summed E-state index contributed by atoms with van der Waals surface area (Å²) in [5.41, 5.74) is 12.8. The zero-order chi connectivity index (χ0) is 22.7. The maximum absolute atomic E-state index is 10.8. The monoisotopic (exact) mass is 433 g/mol. The fourth-order valence-corrected chi connectivity index (χ4v) is 3.21. The van der Waals surface area contributed by atoms with Crippen LogP contribution < -0.4 is 22.0 Å². The number of benzene rings is 1. The third-order valence-electron chi connectivity index (χ3n) is 4.99. The van der Waals surface area contributed by atoms with Crippen LogP contribution in [0, 0.1) is 4.91 Å². The number of hydrogen-bond acceptors (Lipinski definition) is 7. The van der Waals surface area contributed by atoms with Crippen LogP contribution in [0.1, 0.15) is 69.8 Å². The first kappa shape index (κ1) is 26.4. The van der Waals surface area contributed by atoms with Gasteiger partial charge in [-0.25, -0.2) is 5.84 Å². The lowest BCUT2D eigenvalue weighted by Gasteiger charge is -2.15. The van der Waals surface area contributed by atoms with Crippen LogP contribution in [0.2, 0.25) is 0 Å². The van der Waals surface area contributed by atoms with E-state index in [2.05, 4.69) is 5.18 Å². The highest BCUT2D eigenvalue weighted by molar-refractivity contribution is 5.74. The Kier molecular flexibility index (Phi) is 14.6. The highest BCUT2D eigenvalue weighted by Gasteiger charge is 2.01. The maximum Gasteiger partial charge on any atom is 0.217 e. The van der Waals surface area contributed by atoms with Crippen LogP contribution in [0.15, 0.2) is 41.3 Å². The lowest BCUT2D eigenvalue weighted by molar-refractivity contribution is -0.117. The number of amides is 1. The van der Waals surface area contributed by atoms with Crippen molar-refractivity contribution in [3.8, 4) is 5.75 Å². The van der Waals surface area contributed by atoms with Crippen molar-refractivity contribution in [1.82, 2.24) is 5.01 Å². The zero-order valence-electron chi connectivity index (χ0n) is 18.6. The lowest BCUT2D eigenvalue weighted by Crippen LogP contribution is -2.28. The van der Waals surface area contributed by atoms with E-state index >= 15 is 0 Å². The van der Waals surface area contributed by atoms with E-state index in [1.165, 1.54) is 32.1 Å². The Balaban J connectivity index is 2.09. The molecule has 0 aliphatic rings. The normalized spacial score (nSPS) is 11.3. The second-order valence-electron chi connectivity index (χ2n) is 7.88. The van der Waals surface area contributed by atoms with Gasteiger partial charge in [0.05, 0.1) is 12.2 Å². The van der Waals surface area contributed by atoms with Gasteiger partial charge < -0.3 is 21.2 Å². The summed E-state index contributed by atoms with van der Waals surface area (Å²) < 4.78 is 5.67. The standard InChI is InChI=1S/C23H39N5O3/c24-21(19-31-22-13-10-20(11-14-22)12-15-23(25)29)18-28(26)17-9-7-5-3-1-2-4-6-8-16-27-30/h10-11,13-14,18H,1-9,12,15-17,19,24,26H2,(H2,25,29)/b21-18-. The predicted molar refractivity (Wildman–Crippen MR) is 125 cm³/mol. The molecule has 174 valence electrons. The number of nitrogens with two attached hydrogens (primary N) is 3. The van der Waals surface area contributed by atoms with Crippen LogP contribution in [-0.2, 0) is 11.2 Å². The number of hydrazine groups is 1. The van der Waals surface area contributed by atoms with Crippen molar-refractivity contribution in [2.75, 3.05) is 19.7 Å². The number of primary amides is 1. The van der Waals surface area contributed by atoms with Gasteiger partial charge >= 0.3 is 0 Å². The van der Waals surface area contributed by atoms with E-state index in [-0.39, 0.29) is 12.5 Å². The molecule has 0 saturated carbocycles. The molecule has 0 saturated heterocycles. The molecule has 0 atom stereocenters. The van der Waals surface area contributed by atoms with Crippen LogP contribution in [-0.4, -0.2) is 30.6 Å². The van der Waals surface area contributed by atoms with Gasteiger partial charge in [-0.2, -0.15) is 4.91 Å². The van der Waals surface area contributed by atoms with Crippen LogP contribution in [0.5, 0.6) is 5.75 Å². The second kappa shape index (κ2) is 17.1. The van der Waals surface area contributed by atoms with Crippen molar-refractivity contribution in [3.63, 3.8) is 0 Å². The first-order valence-electron chi connectivity index (χ1n) is 11.3. The largest absolute Gasteiger partial charge is 0.487 e. The minimum atomic E-state index is -0.304. The molecule has 1 aromatic carbocycles. The third kappa shape index (κ3) is 14.9. The van der Waals surface area contributed by atoms with E-state index < -0.39 is 0 Å². The van der Waals surface area contributed by atoms with Crippen LogP contribution in [0.4, 0.5) is 0 Å². The van der Waals surface area contributed by atoms with Crippen molar-refractivity contribution < 1.29 is 9.53 Å². The zero-order valence-corrected chi connectivity index (χ0v) is 18.6. The summed E-state index contributed by atoms with van der Waals surface area (Å²) in [6.07, 6.45) is 13.0. The molecule has 0 bridgehead atoms. The molecule has 1 aromatic rings. The van der Waals surface area contributed by atoms with Gasteiger partial charge in [0.15, 0.2) is 0 Å². The first-order valence-corrected chi connectivity index (χ1v) is 11.3. The highest BCUT2D eigenvalue weighted by atomic mass is 16.5. The van der Waals surface area contributed by atoms with E-state index in [0.29, 0.717) is 30.8 Å². The smallest absolute Gasteiger partial charge is 0.217 e. The summed E-state index contributed by atoms with van der Waals surface area (Å²) in [4.78, 5) is 20.8. The molecule has 0 aliphatic carbocycles. The molecule has 8 nitrogen and oxygen atoms in total. The number of carbonyl (C=O) groups excluding carboxylic acids is 1. The van der Waals surface area contributed by atoms with Gasteiger partial charge in [0, 0.05) is 19.2 Å². The van der Waals surface area contributed by atoms with Crippen molar-refractivity contribution in [2.24, 2.45) is 22.5 Å².